The van der Waals surface area contributed by atoms with Crippen molar-refractivity contribution in [2.24, 2.45) is 0 Å². The lowest BCUT2D eigenvalue weighted by molar-refractivity contribution is 0.447. The summed E-state index contributed by atoms with van der Waals surface area (Å²) in [5.74, 6) is -4.66. The standard InChI is InChI=1S/C15H13F4N/c1-8(20-2)11-4-3-10(16)7-12(11)9-5-13(17)15(19)14(18)6-9/h3-8,20H,1-2H3. The summed E-state index contributed by atoms with van der Waals surface area (Å²) in [5, 5.41) is 2.97. The highest BCUT2D eigenvalue weighted by Crippen LogP contribution is 2.31. The molecule has 2 aromatic carbocycles. The van der Waals surface area contributed by atoms with Gasteiger partial charge in [0.05, 0.1) is 0 Å². The van der Waals surface area contributed by atoms with Gasteiger partial charge >= 0.3 is 0 Å². The van der Waals surface area contributed by atoms with Gasteiger partial charge in [-0.2, -0.15) is 0 Å². The lowest BCUT2D eigenvalue weighted by Crippen LogP contribution is -2.13. The van der Waals surface area contributed by atoms with Crippen molar-refractivity contribution < 1.29 is 17.6 Å². The molecule has 20 heavy (non-hydrogen) atoms. The fourth-order valence-corrected chi connectivity index (χ4v) is 2.02. The molecule has 0 heterocycles. The highest BCUT2D eigenvalue weighted by molar-refractivity contribution is 5.68. The van der Waals surface area contributed by atoms with Crippen LogP contribution in [0, 0.1) is 23.3 Å². The summed E-state index contributed by atoms with van der Waals surface area (Å²) in [6, 6.07) is 5.54. The van der Waals surface area contributed by atoms with Crippen LogP contribution in [-0.2, 0) is 0 Å². The first-order chi connectivity index (χ1) is 9.43. The topological polar surface area (TPSA) is 12.0 Å². The zero-order valence-electron chi connectivity index (χ0n) is 11.0. The van der Waals surface area contributed by atoms with Crippen LogP contribution in [0.15, 0.2) is 30.3 Å². The molecule has 0 saturated carbocycles. The van der Waals surface area contributed by atoms with Crippen molar-refractivity contribution in [3.8, 4) is 11.1 Å². The summed E-state index contributed by atoms with van der Waals surface area (Å²) < 4.78 is 53.0. The summed E-state index contributed by atoms with van der Waals surface area (Å²) in [6.07, 6.45) is 0. The Kier molecular flexibility index (Phi) is 4.09. The van der Waals surface area contributed by atoms with Crippen LogP contribution in [0.3, 0.4) is 0 Å². The molecule has 0 saturated heterocycles. The van der Waals surface area contributed by atoms with Gasteiger partial charge < -0.3 is 5.32 Å². The van der Waals surface area contributed by atoms with Gasteiger partial charge in [-0.3, -0.25) is 0 Å². The molecule has 0 aromatic heterocycles. The minimum absolute atomic E-state index is 0.0954. The predicted molar refractivity (Wildman–Crippen MR) is 69.2 cm³/mol. The van der Waals surface area contributed by atoms with E-state index in [-0.39, 0.29) is 11.6 Å². The van der Waals surface area contributed by atoms with Crippen LogP contribution in [0.5, 0.6) is 0 Å². The van der Waals surface area contributed by atoms with Crippen LogP contribution in [0.25, 0.3) is 11.1 Å². The molecule has 0 aliphatic carbocycles. The first-order valence-corrected chi connectivity index (χ1v) is 6.05. The van der Waals surface area contributed by atoms with E-state index in [2.05, 4.69) is 5.32 Å². The minimum Gasteiger partial charge on any atom is -0.313 e. The monoisotopic (exact) mass is 283 g/mol. The molecule has 0 aliphatic heterocycles. The number of halogens is 4. The van der Waals surface area contributed by atoms with Gasteiger partial charge in [0.25, 0.3) is 0 Å². The molecule has 1 nitrogen and oxygen atoms in total. The minimum atomic E-state index is -1.53. The normalized spacial score (nSPS) is 12.5. The van der Waals surface area contributed by atoms with Crippen molar-refractivity contribution in [3.05, 3.63) is 59.2 Å². The second kappa shape index (κ2) is 5.63. The second-order valence-electron chi connectivity index (χ2n) is 4.50. The molecular formula is C15H13F4N. The SMILES string of the molecule is CNC(C)c1ccc(F)cc1-c1cc(F)c(F)c(F)c1. The van der Waals surface area contributed by atoms with Crippen LogP contribution in [0.4, 0.5) is 17.6 Å². The van der Waals surface area contributed by atoms with Crippen molar-refractivity contribution in [1.82, 2.24) is 5.32 Å². The largest absolute Gasteiger partial charge is 0.313 e. The molecule has 1 atom stereocenters. The quantitative estimate of drug-likeness (QED) is 0.658. The Hall–Kier alpha value is -1.88. The van der Waals surface area contributed by atoms with Crippen LogP contribution < -0.4 is 5.32 Å². The van der Waals surface area contributed by atoms with E-state index < -0.39 is 23.3 Å². The number of benzene rings is 2. The van der Waals surface area contributed by atoms with Crippen LogP contribution in [0.2, 0.25) is 0 Å². The van der Waals surface area contributed by atoms with E-state index in [0.29, 0.717) is 11.1 Å². The van der Waals surface area contributed by atoms with Crippen LogP contribution in [-0.4, -0.2) is 7.05 Å². The summed E-state index contributed by atoms with van der Waals surface area (Å²) in [6.45, 7) is 1.83. The summed E-state index contributed by atoms with van der Waals surface area (Å²) in [5.41, 5.74) is 1.09. The third-order valence-corrected chi connectivity index (χ3v) is 3.21. The number of hydrogen-bond acceptors (Lipinski definition) is 1. The molecule has 0 spiro atoms. The van der Waals surface area contributed by atoms with Crippen molar-refractivity contribution in [2.75, 3.05) is 7.05 Å². The molecule has 0 aliphatic rings. The molecular weight excluding hydrogens is 270 g/mol. The van der Waals surface area contributed by atoms with E-state index in [0.717, 1.165) is 12.1 Å². The highest BCUT2D eigenvalue weighted by Gasteiger charge is 2.16. The Morgan fingerprint density at radius 3 is 2.10 bits per heavy atom. The molecule has 2 aromatic rings. The van der Waals surface area contributed by atoms with Crippen LogP contribution >= 0.6 is 0 Å². The van der Waals surface area contributed by atoms with Crippen molar-refractivity contribution in [3.63, 3.8) is 0 Å². The Morgan fingerprint density at radius 2 is 1.55 bits per heavy atom. The average Bonchev–Trinajstić information content (AvgIpc) is 2.43. The molecule has 1 unspecified atom stereocenters. The smallest absolute Gasteiger partial charge is 0.194 e. The average molecular weight is 283 g/mol. The van der Waals surface area contributed by atoms with Crippen molar-refractivity contribution in [1.29, 1.82) is 0 Å². The highest BCUT2D eigenvalue weighted by atomic mass is 19.2. The Balaban J connectivity index is 2.65. The molecule has 0 fully saturated rings. The zero-order chi connectivity index (χ0) is 14.9. The maximum absolute atomic E-state index is 13.4. The van der Waals surface area contributed by atoms with Crippen molar-refractivity contribution in [2.45, 2.75) is 13.0 Å². The Labute approximate surface area is 114 Å². The van der Waals surface area contributed by atoms with E-state index in [1.807, 2.05) is 6.92 Å². The summed E-state index contributed by atoms with van der Waals surface area (Å²) >= 11 is 0. The molecule has 5 heteroatoms. The first kappa shape index (κ1) is 14.5. The lowest BCUT2D eigenvalue weighted by Gasteiger charge is -2.16. The van der Waals surface area contributed by atoms with Gasteiger partial charge in [0.1, 0.15) is 5.82 Å². The Morgan fingerprint density at radius 1 is 0.950 bits per heavy atom. The van der Waals surface area contributed by atoms with Gasteiger partial charge in [-0.25, -0.2) is 17.6 Å². The number of hydrogen-bond donors (Lipinski definition) is 1. The fraction of sp³-hybridized carbons (Fsp3) is 0.200. The van der Waals surface area contributed by atoms with E-state index in [1.165, 1.54) is 18.2 Å². The van der Waals surface area contributed by atoms with Crippen LogP contribution in [0.1, 0.15) is 18.5 Å². The van der Waals surface area contributed by atoms with Gasteiger partial charge in [0, 0.05) is 6.04 Å². The molecule has 0 radical (unpaired) electrons. The van der Waals surface area contributed by atoms with E-state index in [1.54, 1.807) is 7.05 Å². The summed E-state index contributed by atoms with van der Waals surface area (Å²) in [7, 11) is 1.71. The second-order valence-corrected chi connectivity index (χ2v) is 4.50. The van der Waals surface area contributed by atoms with Gasteiger partial charge in [-0.1, -0.05) is 6.07 Å². The summed E-state index contributed by atoms with van der Waals surface area (Å²) in [4.78, 5) is 0. The molecule has 1 N–H and O–H groups in total. The molecule has 106 valence electrons. The first-order valence-electron chi connectivity index (χ1n) is 6.05. The maximum Gasteiger partial charge on any atom is 0.194 e. The molecule has 2 rings (SSSR count). The number of rotatable bonds is 3. The molecule has 0 amide bonds. The fourth-order valence-electron chi connectivity index (χ4n) is 2.02. The molecule has 0 bridgehead atoms. The Bertz CT molecular complexity index is 617. The van der Waals surface area contributed by atoms with E-state index in [9.17, 15) is 17.6 Å². The zero-order valence-corrected chi connectivity index (χ0v) is 11.0. The maximum atomic E-state index is 13.4. The van der Waals surface area contributed by atoms with Gasteiger partial charge in [0.15, 0.2) is 17.5 Å². The lowest BCUT2D eigenvalue weighted by atomic mass is 9.95. The predicted octanol–water partition coefficient (Wildman–Crippen LogP) is 4.19. The van der Waals surface area contributed by atoms with Gasteiger partial charge in [-0.15, -0.1) is 0 Å². The van der Waals surface area contributed by atoms with Crippen molar-refractivity contribution >= 4 is 0 Å². The van der Waals surface area contributed by atoms with E-state index >= 15 is 0 Å². The van der Waals surface area contributed by atoms with Gasteiger partial charge in [-0.05, 0) is 54.9 Å². The number of nitrogens with one attached hydrogen (secondary N) is 1. The third kappa shape index (κ3) is 2.67. The van der Waals surface area contributed by atoms with Gasteiger partial charge in [0.2, 0.25) is 0 Å². The third-order valence-electron chi connectivity index (χ3n) is 3.21. The van der Waals surface area contributed by atoms with E-state index in [4.69, 9.17) is 0 Å².